The molecule has 0 aliphatic carbocycles. The zero-order chi connectivity index (χ0) is 11.4. The highest BCUT2D eigenvalue weighted by Crippen LogP contribution is 2.15. The maximum Gasteiger partial charge on any atom is 0.0812 e. The van der Waals surface area contributed by atoms with Crippen LogP contribution in [0.5, 0.6) is 0 Å². The molecule has 0 spiro atoms. The number of nitrogens with zero attached hydrogens (tertiary/aromatic N) is 3. The molecule has 4 nitrogen and oxygen atoms in total. The quantitative estimate of drug-likeness (QED) is 0.849. The van der Waals surface area contributed by atoms with E-state index in [-0.39, 0.29) is 6.04 Å². The fraction of sp³-hybridized carbons (Fsp3) is 0.333. The third-order valence-electron chi connectivity index (χ3n) is 2.53. The van der Waals surface area contributed by atoms with E-state index in [2.05, 4.69) is 29.5 Å². The van der Waals surface area contributed by atoms with Crippen LogP contribution >= 0.6 is 0 Å². The van der Waals surface area contributed by atoms with Gasteiger partial charge in [0.25, 0.3) is 0 Å². The summed E-state index contributed by atoms with van der Waals surface area (Å²) >= 11 is 0. The Bertz CT molecular complexity index is 435. The molecule has 4 heteroatoms. The summed E-state index contributed by atoms with van der Waals surface area (Å²) < 4.78 is 1.87. The van der Waals surface area contributed by atoms with Crippen LogP contribution < -0.4 is 5.32 Å². The van der Waals surface area contributed by atoms with Crippen LogP contribution in [0.1, 0.15) is 25.6 Å². The van der Waals surface area contributed by atoms with E-state index < -0.39 is 0 Å². The lowest BCUT2D eigenvalue weighted by Crippen LogP contribution is -2.20. The van der Waals surface area contributed by atoms with E-state index >= 15 is 0 Å². The van der Waals surface area contributed by atoms with E-state index in [1.807, 2.05) is 35.0 Å². The maximum absolute atomic E-state index is 4.12. The molecule has 0 saturated carbocycles. The van der Waals surface area contributed by atoms with Gasteiger partial charge in [0.15, 0.2) is 0 Å². The first-order chi connectivity index (χ1) is 7.83. The van der Waals surface area contributed by atoms with Crippen molar-refractivity contribution in [3.63, 3.8) is 0 Å². The molecule has 16 heavy (non-hydrogen) atoms. The van der Waals surface area contributed by atoms with Gasteiger partial charge < -0.3 is 5.32 Å². The Morgan fingerprint density at radius 3 is 2.75 bits per heavy atom. The molecule has 0 aliphatic rings. The number of benzene rings is 1. The Morgan fingerprint density at radius 2 is 2.06 bits per heavy atom. The van der Waals surface area contributed by atoms with Gasteiger partial charge in [-0.25, -0.2) is 4.68 Å². The third-order valence-corrected chi connectivity index (χ3v) is 2.53. The van der Waals surface area contributed by atoms with Crippen LogP contribution in [-0.4, -0.2) is 21.5 Å². The molecule has 0 fully saturated rings. The van der Waals surface area contributed by atoms with Gasteiger partial charge in [0.05, 0.1) is 17.6 Å². The molecule has 0 aliphatic heterocycles. The fourth-order valence-corrected chi connectivity index (χ4v) is 1.72. The first kappa shape index (κ1) is 10.8. The van der Waals surface area contributed by atoms with Crippen molar-refractivity contribution in [1.82, 2.24) is 20.3 Å². The van der Waals surface area contributed by atoms with Crippen molar-refractivity contribution < 1.29 is 0 Å². The molecule has 2 rings (SSSR count). The topological polar surface area (TPSA) is 42.7 Å². The van der Waals surface area contributed by atoms with Gasteiger partial charge in [-0.2, -0.15) is 0 Å². The Balaban J connectivity index is 2.33. The minimum Gasteiger partial charge on any atom is -0.309 e. The second-order valence-corrected chi connectivity index (χ2v) is 3.69. The van der Waals surface area contributed by atoms with Crippen LogP contribution in [0.3, 0.4) is 0 Å². The summed E-state index contributed by atoms with van der Waals surface area (Å²) in [7, 11) is 0. The van der Waals surface area contributed by atoms with Crippen LogP contribution in [0, 0.1) is 0 Å². The standard InChI is InChI=1S/C12H16N4/c1-3-13-10(2)12-9-14-15-16(12)11-7-5-4-6-8-11/h4-10,13H,3H2,1-2H3. The van der Waals surface area contributed by atoms with E-state index in [0.717, 1.165) is 17.9 Å². The van der Waals surface area contributed by atoms with Gasteiger partial charge in [-0.05, 0) is 25.6 Å². The maximum atomic E-state index is 4.12. The van der Waals surface area contributed by atoms with Gasteiger partial charge in [-0.3, -0.25) is 0 Å². The van der Waals surface area contributed by atoms with Crippen LogP contribution in [0.15, 0.2) is 36.5 Å². The number of rotatable bonds is 4. The molecule has 0 amide bonds. The number of hydrogen-bond acceptors (Lipinski definition) is 3. The summed E-state index contributed by atoms with van der Waals surface area (Å²) in [4.78, 5) is 0. The van der Waals surface area contributed by atoms with E-state index in [1.54, 1.807) is 6.20 Å². The average molecular weight is 216 g/mol. The molecule has 0 bridgehead atoms. The van der Waals surface area contributed by atoms with Gasteiger partial charge in [-0.1, -0.05) is 30.3 Å². The van der Waals surface area contributed by atoms with E-state index in [1.165, 1.54) is 0 Å². The Morgan fingerprint density at radius 1 is 1.31 bits per heavy atom. The zero-order valence-electron chi connectivity index (χ0n) is 9.59. The van der Waals surface area contributed by atoms with Crippen molar-refractivity contribution >= 4 is 0 Å². The van der Waals surface area contributed by atoms with E-state index in [9.17, 15) is 0 Å². The molecule has 1 atom stereocenters. The van der Waals surface area contributed by atoms with Gasteiger partial charge in [0.2, 0.25) is 0 Å². The Kier molecular flexibility index (Phi) is 3.31. The molecule has 1 heterocycles. The molecule has 84 valence electrons. The molecule has 1 aromatic carbocycles. The highest BCUT2D eigenvalue weighted by Gasteiger charge is 2.11. The summed E-state index contributed by atoms with van der Waals surface area (Å²) in [5.41, 5.74) is 2.12. The second kappa shape index (κ2) is 4.90. The first-order valence-electron chi connectivity index (χ1n) is 5.52. The third kappa shape index (κ3) is 2.12. The average Bonchev–Trinajstić information content (AvgIpc) is 2.79. The van der Waals surface area contributed by atoms with Crippen LogP contribution in [-0.2, 0) is 0 Å². The number of para-hydroxylation sites is 1. The summed E-state index contributed by atoms with van der Waals surface area (Å²) in [6, 6.07) is 10.3. The second-order valence-electron chi connectivity index (χ2n) is 3.69. The molecule has 0 radical (unpaired) electrons. The predicted octanol–water partition coefficient (Wildman–Crippen LogP) is 1.94. The minimum absolute atomic E-state index is 0.250. The van der Waals surface area contributed by atoms with Crippen molar-refractivity contribution in [1.29, 1.82) is 0 Å². The lowest BCUT2D eigenvalue weighted by molar-refractivity contribution is 0.563. The number of aromatic nitrogens is 3. The van der Waals surface area contributed by atoms with Gasteiger partial charge in [0, 0.05) is 6.04 Å². The van der Waals surface area contributed by atoms with E-state index in [4.69, 9.17) is 0 Å². The number of nitrogens with one attached hydrogen (secondary N) is 1. The van der Waals surface area contributed by atoms with Gasteiger partial charge in [-0.15, -0.1) is 5.10 Å². The van der Waals surface area contributed by atoms with Crippen molar-refractivity contribution in [2.75, 3.05) is 6.54 Å². The molecule has 1 unspecified atom stereocenters. The van der Waals surface area contributed by atoms with E-state index in [0.29, 0.717) is 0 Å². The fourth-order valence-electron chi connectivity index (χ4n) is 1.72. The summed E-state index contributed by atoms with van der Waals surface area (Å²) in [6.45, 7) is 5.13. The summed E-state index contributed by atoms with van der Waals surface area (Å²) in [5.74, 6) is 0. The van der Waals surface area contributed by atoms with Crippen LogP contribution in [0.2, 0.25) is 0 Å². The Labute approximate surface area is 95.3 Å². The SMILES string of the molecule is CCNC(C)c1cnnn1-c1ccccc1. The van der Waals surface area contributed by atoms with Crippen LogP contribution in [0.25, 0.3) is 5.69 Å². The highest BCUT2D eigenvalue weighted by atomic mass is 15.4. The van der Waals surface area contributed by atoms with Gasteiger partial charge >= 0.3 is 0 Å². The van der Waals surface area contributed by atoms with Crippen molar-refractivity contribution in [2.45, 2.75) is 19.9 Å². The smallest absolute Gasteiger partial charge is 0.0812 e. The zero-order valence-corrected chi connectivity index (χ0v) is 9.59. The molecular weight excluding hydrogens is 200 g/mol. The largest absolute Gasteiger partial charge is 0.309 e. The predicted molar refractivity (Wildman–Crippen MR) is 63.5 cm³/mol. The molecule has 1 N–H and O–H groups in total. The lowest BCUT2D eigenvalue weighted by Gasteiger charge is -2.13. The highest BCUT2D eigenvalue weighted by molar-refractivity contribution is 5.32. The normalized spacial score (nSPS) is 12.6. The summed E-state index contributed by atoms with van der Waals surface area (Å²) in [6.07, 6.45) is 1.81. The molecular formula is C12H16N4. The first-order valence-corrected chi connectivity index (χ1v) is 5.52. The van der Waals surface area contributed by atoms with Crippen molar-refractivity contribution in [2.24, 2.45) is 0 Å². The molecule has 1 aromatic heterocycles. The summed E-state index contributed by atoms with van der Waals surface area (Å²) in [5, 5.41) is 11.4. The monoisotopic (exact) mass is 216 g/mol. The Hall–Kier alpha value is -1.68. The minimum atomic E-state index is 0.250. The van der Waals surface area contributed by atoms with Gasteiger partial charge in [0.1, 0.15) is 0 Å². The van der Waals surface area contributed by atoms with Crippen LogP contribution in [0.4, 0.5) is 0 Å². The molecule has 0 saturated heterocycles. The lowest BCUT2D eigenvalue weighted by atomic mass is 10.2. The van der Waals surface area contributed by atoms with Crippen molar-refractivity contribution in [3.05, 3.63) is 42.2 Å². The van der Waals surface area contributed by atoms with Crippen molar-refractivity contribution in [3.8, 4) is 5.69 Å². The number of hydrogen-bond donors (Lipinski definition) is 1. The molecule has 2 aromatic rings.